The number of benzene rings is 2. The van der Waals surface area contributed by atoms with E-state index in [-0.39, 0.29) is 24.0 Å². The van der Waals surface area contributed by atoms with Crippen LogP contribution in [-0.2, 0) is 6.54 Å². The summed E-state index contributed by atoms with van der Waals surface area (Å²) >= 11 is 0. The van der Waals surface area contributed by atoms with E-state index in [0.29, 0.717) is 17.9 Å². The highest BCUT2D eigenvalue weighted by molar-refractivity contribution is 14.0. The summed E-state index contributed by atoms with van der Waals surface area (Å²) in [4.78, 5) is 7.47. The molecule has 0 bridgehead atoms. The number of rotatable bonds is 7. The maximum absolute atomic E-state index is 4.91. The van der Waals surface area contributed by atoms with Crippen LogP contribution in [0.5, 0.6) is 0 Å². The fraction of sp³-hybridized carbons (Fsp3) is 0.480. The Labute approximate surface area is 198 Å². The zero-order chi connectivity index (χ0) is 19.9. The molecular weight excluding hydrogens is 483 g/mol. The molecule has 162 valence electrons. The van der Waals surface area contributed by atoms with E-state index in [1.807, 2.05) is 0 Å². The Morgan fingerprint density at radius 1 is 1.00 bits per heavy atom. The van der Waals surface area contributed by atoms with E-state index in [9.17, 15) is 0 Å². The van der Waals surface area contributed by atoms with Crippen LogP contribution in [0.2, 0.25) is 0 Å². The number of nitrogens with zero attached hydrogens (tertiary/aromatic N) is 2. The van der Waals surface area contributed by atoms with Gasteiger partial charge in [0.15, 0.2) is 5.96 Å². The van der Waals surface area contributed by atoms with Crippen molar-refractivity contribution in [3.05, 3.63) is 71.8 Å². The van der Waals surface area contributed by atoms with E-state index < -0.39 is 0 Å². The van der Waals surface area contributed by atoms with Crippen molar-refractivity contribution in [3.8, 4) is 0 Å². The second-order valence-electron chi connectivity index (χ2n) is 8.41. The zero-order valence-electron chi connectivity index (χ0n) is 18.0. The Kier molecular flexibility index (Phi) is 9.00. The molecule has 5 heteroatoms. The van der Waals surface area contributed by atoms with Gasteiger partial charge in [-0.05, 0) is 49.1 Å². The van der Waals surface area contributed by atoms with Crippen LogP contribution in [-0.4, -0.2) is 43.1 Å². The Hall–Kier alpha value is -1.60. The first kappa shape index (κ1) is 23.1. The molecule has 2 aliphatic rings. The van der Waals surface area contributed by atoms with Crippen LogP contribution in [0.4, 0.5) is 0 Å². The first-order valence-corrected chi connectivity index (χ1v) is 11.2. The molecule has 2 N–H and O–H groups in total. The molecule has 1 heterocycles. The summed E-state index contributed by atoms with van der Waals surface area (Å²) in [7, 11) is 0. The number of nitrogens with one attached hydrogen (secondary N) is 2. The average Bonchev–Trinajstić information content (AvgIpc) is 3.55. The quantitative estimate of drug-likeness (QED) is 0.319. The molecule has 0 radical (unpaired) electrons. The summed E-state index contributed by atoms with van der Waals surface area (Å²) in [6.45, 7) is 7.32. The molecule has 2 unspecified atom stereocenters. The second kappa shape index (κ2) is 11.7. The summed E-state index contributed by atoms with van der Waals surface area (Å²) in [6.07, 6.45) is 3.62. The van der Waals surface area contributed by atoms with Crippen LogP contribution in [0.1, 0.15) is 43.2 Å². The van der Waals surface area contributed by atoms with Gasteiger partial charge in [0.2, 0.25) is 0 Å². The molecule has 0 amide bonds. The fourth-order valence-corrected chi connectivity index (χ4v) is 4.36. The van der Waals surface area contributed by atoms with Gasteiger partial charge in [-0.25, -0.2) is 0 Å². The number of halogens is 1. The Balaban J connectivity index is 0.00000256. The van der Waals surface area contributed by atoms with Crippen LogP contribution in [0, 0.1) is 5.92 Å². The lowest BCUT2D eigenvalue weighted by atomic mass is 10.0. The van der Waals surface area contributed by atoms with E-state index in [1.165, 1.54) is 30.4 Å². The molecule has 30 heavy (non-hydrogen) atoms. The van der Waals surface area contributed by atoms with Crippen LogP contribution in [0.25, 0.3) is 0 Å². The van der Waals surface area contributed by atoms with Crippen molar-refractivity contribution >= 4 is 29.9 Å². The van der Waals surface area contributed by atoms with Gasteiger partial charge >= 0.3 is 0 Å². The van der Waals surface area contributed by atoms with Crippen molar-refractivity contribution in [2.24, 2.45) is 10.9 Å². The van der Waals surface area contributed by atoms with E-state index in [4.69, 9.17) is 4.99 Å². The van der Waals surface area contributed by atoms with Gasteiger partial charge in [-0.1, -0.05) is 60.7 Å². The van der Waals surface area contributed by atoms with Crippen molar-refractivity contribution in [1.29, 1.82) is 0 Å². The van der Waals surface area contributed by atoms with E-state index >= 15 is 0 Å². The molecule has 2 aromatic rings. The number of likely N-dealkylation sites (tertiary alicyclic amines) is 1. The average molecular weight is 518 g/mol. The predicted molar refractivity (Wildman–Crippen MR) is 137 cm³/mol. The van der Waals surface area contributed by atoms with Gasteiger partial charge < -0.3 is 10.6 Å². The molecule has 1 saturated carbocycles. The third-order valence-corrected chi connectivity index (χ3v) is 6.16. The molecule has 1 aliphatic heterocycles. The molecule has 0 spiro atoms. The monoisotopic (exact) mass is 518 g/mol. The molecule has 0 aromatic heterocycles. The largest absolute Gasteiger partial charge is 0.357 e. The van der Waals surface area contributed by atoms with E-state index in [2.05, 4.69) is 83.1 Å². The maximum atomic E-state index is 4.91. The van der Waals surface area contributed by atoms with Crippen molar-refractivity contribution in [2.45, 2.75) is 44.7 Å². The van der Waals surface area contributed by atoms with Crippen LogP contribution >= 0.6 is 24.0 Å². The number of guanidine groups is 1. The molecule has 1 saturated heterocycles. The first-order valence-electron chi connectivity index (χ1n) is 11.2. The van der Waals surface area contributed by atoms with Crippen LogP contribution in [0.15, 0.2) is 65.7 Å². The highest BCUT2D eigenvalue weighted by Crippen LogP contribution is 2.47. The molecular formula is C25H35IN4. The smallest absolute Gasteiger partial charge is 0.191 e. The summed E-state index contributed by atoms with van der Waals surface area (Å²) in [5.41, 5.74) is 2.88. The van der Waals surface area contributed by atoms with Crippen molar-refractivity contribution in [1.82, 2.24) is 15.5 Å². The van der Waals surface area contributed by atoms with Crippen molar-refractivity contribution in [2.75, 3.05) is 26.2 Å². The van der Waals surface area contributed by atoms with Gasteiger partial charge in [-0.2, -0.15) is 0 Å². The Morgan fingerprint density at radius 2 is 1.67 bits per heavy atom. The lowest BCUT2D eigenvalue weighted by Gasteiger charge is -2.33. The van der Waals surface area contributed by atoms with Gasteiger partial charge in [0.1, 0.15) is 0 Å². The lowest BCUT2D eigenvalue weighted by molar-refractivity contribution is 0.198. The molecule has 2 fully saturated rings. The third-order valence-electron chi connectivity index (χ3n) is 6.16. The number of hydrogen-bond donors (Lipinski definition) is 2. The maximum Gasteiger partial charge on any atom is 0.191 e. The first-order chi connectivity index (χ1) is 14.3. The minimum atomic E-state index is 0. The minimum absolute atomic E-state index is 0. The summed E-state index contributed by atoms with van der Waals surface area (Å²) in [6, 6.07) is 22.2. The number of hydrogen-bond acceptors (Lipinski definition) is 2. The van der Waals surface area contributed by atoms with Gasteiger partial charge in [-0.15, -0.1) is 24.0 Å². The van der Waals surface area contributed by atoms with Gasteiger partial charge in [0.05, 0.1) is 0 Å². The number of piperidine rings is 1. The molecule has 2 aromatic carbocycles. The molecule has 2 atom stereocenters. The summed E-state index contributed by atoms with van der Waals surface area (Å²) < 4.78 is 0. The lowest BCUT2D eigenvalue weighted by Crippen LogP contribution is -2.48. The Bertz CT molecular complexity index is 772. The van der Waals surface area contributed by atoms with Crippen LogP contribution in [0.3, 0.4) is 0 Å². The molecule has 1 aliphatic carbocycles. The SMILES string of the molecule is CCNC(=NCC1CC1c1ccccc1)NC1CCN(Cc2ccccc2)CC1.I. The zero-order valence-corrected chi connectivity index (χ0v) is 20.3. The predicted octanol–water partition coefficient (Wildman–Crippen LogP) is 4.63. The molecule has 4 rings (SSSR count). The summed E-state index contributed by atoms with van der Waals surface area (Å²) in [5.74, 6) is 2.39. The topological polar surface area (TPSA) is 39.7 Å². The fourth-order valence-electron chi connectivity index (χ4n) is 4.36. The Morgan fingerprint density at radius 3 is 2.33 bits per heavy atom. The second-order valence-corrected chi connectivity index (χ2v) is 8.41. The highest BCUT2D eigenvalue weighted by atomic mass is 127. The minimum Gasteiger partial charge on any atom is -0.357 e. The van der Waals surface area contributed by atoms with Crippen LogP contribution < -0.4 is 10.6 Å². The van der Waals surface area contributed by atoms with Crippen molar-refractivity contribution in [3.63, 3.8) is 0 Å². The van der Waals surface area contributed by atoms with Gasteiger partial charge in [0, 0.05) is 38.8 Å². The van der Waals surface area contributed by atoms with E-state index in [0.717, 1.165) is 38.7 Å². The van der Waals surface area contributed by atoms with E-state index in [1.54, 1.807) is 0 Å². The normalized spacial score (nSPS) is 22.2. The number of aliphatic imine (C=N–C) groups is 1. The van der Waals surface area contributed by atoms with Gasteiger partial charge in [-0.3, -0.25) is 9.89 Å². The summed E-state index contributed by atoms with van der Waals surface area (Å²) in [5, 5.41) is 7.14. The standard InChI is InChI=1S/C25H34N4.HI/c1-2-26-25(27-18-22-17-24(22)21-11-7-4-8-12-21)28-23-13-15-29(16-14-23)19-20-9-5-3-6-10-20;/h3-12,22-24H,2,13-19H2,1H3,(H2,26,27,28);1H. The molecule has 4 nitrogen and oxygen atoms in total. The highest BCUT2D eigenvalue weighted by Gasteiger charge is 2.37. The van der Waals surface area contributed by atoms with Gasteiger partial charge in [0.25, 0.3) is 0 Å². The third kappa shape index (κ3) is 6.71. The van der Waals surface area contributed by atoms with Crippen molar-refractivity contribution < 1.29 is 0 Å².